The van der Waals surface area contributed by atoms with Crippen molar-refractivity contribution >= 4 is 28.4 Å². The van der Waals surface area contributed by atoms with Crippen molar-refractivity contribution in [1.29, 1.82) is 0 Å². The molecule has 154 valence electrons. The zero-order valence-corrected chi connectivity index (χ0v) is 17.6. The third kappa shape index (κ3) is 4.87. The van der Waals surface area contributed by atoms with Crippen molar-refractivity contribution in [3.63, 3.8) is 0 Å². The van der Waals surface area contributed by atoms with Crippen LogP contribution in [-0.4, -0.2) is 24.8 Å². The highest BCUT2D eigenvalue weighted by Gasteiger charge is 2.25. The summed E-state index contributed by atoms with van der Waals surface area (Å²) in [6.45, 7) is 5.28. The second-order valence-electron chi connectivity index (χ2n) is 7.76. The van der Waals surface area contributed by atoms with Crippen LogP contribution in [0.3, 0.4) is 0 Å². The third-order valence-electron chi connectivity index (χ3n) is 4.39. The summed E-state index contributed by atoms with van der Waals surface area (Å²) in [5, 5.41) is 4.60. The van der Waals surface area contributed by atoms with Gasteiger partial charge in [-0.1, -0.05) is 72.8 Å². The lowest BCUT2D eigenvalue weighted by atomic mass is 9.91. The van der Waals surface area contributed by atoms with E-state index in [0.717, 1.165) is 21.9 Å². The maximum atomic E-state index is 12.8. The molecule has 3 rings (SSSR count). The number of amides is 1. The minimum Gasteiger partial charge on any atom is -0.464 e. The number of hydrogen-bond acceptors (Lipinski definition) is 4. The fraction of sp³-hybridized carbons (Fsp3) is 0.200. The summed E-state index contributed by atoms with van der Waals surface area (Å²) in [6, 6.07) is 23.1. The molecule has 0 saturated heterocycles. The minimum atomic E-state index is -0.725. The lowest BCUT2D eigenvalue weighted by molar-refractivity contribution is -0.136. The zero-order chi connectivity index (χ0) is 21.7. The normalized spacial score (nSPS) is 12.1. The fourth-order valence-electron chi connectivity index (χ4n) is 3.21. The quantitative estimate of drug-likeness (QED) is 0.474. The Kier molecular flexibility index (Phi) is 6.21. The Hall–Kier alpha value is -3.60. The number of ether oxygens (including phenoxy) is 2. The van der Waals surface area contributed by atoms with Crippen molar-refractivity contribution in [2.75, 3.05) is 7.11 Å². The van der Waals surface area contributed by atoms with Crippen LogP contribution in [0, 0.1) is 0 Å². The summed E-state index contributed by atoms with van der Waals surface area (Å²) < 4.78 is 10.4. The number of nitrogens with one attached hydrogen (secondary N) is 1. The Morgan fingerprint density at radius 3 is 2.13 bits per heavy atom. The van der Waals surface area contributed by atoms with E-state index in [1.807, 2.05) is 72.8 Å². The topological polar surface area (TPSA) is 64.6 Å². The molecule has 1 amide bonds. The van der Waals surface area contributed by atoms with Gasteiger partial charge in [-0.3, -0.25) is 5.32 Å². The van der Waals surface area contributed by atoms with E-state index in [0.29, 0.717) is 5.57 Å². The van der Waals surface area contributed by atoms with Gasteiger partial charge < -0.3 is 9.47 Å². The Morgan fingerprint density at radius 1 is 0.833 bits per heavy atom. The number of esters is 1. The lowest BCUT2D eigenvalue weighted by Gasteiger charge is -2.22. The molecule has 0 aliphatic heterocycles. The minimum absolute atomic E-state index is 0.0225. The second-order valence-corrected chi connectivity index (χ2v) is 7.76. The molecule has 0 heterocycles. The number of benzene rings is 3. The van der Waals surface area contributed by atoms with Crippen molar-refractivity contribution in [3.8, 4) is 0 Å². The molecule has 0 aliphatic rings. The van der Waals surface area contributed by atoms with Crippen LogP contribution in [0.2, 0.25) is 0 Å². The van der Waals surface area contributed by atoms with Crippen LogP contribution in [0.4, 0.5) is 4.79 Å². The molecule has 0 bridgehead atoms. The van der Waals surface area contributed by atoms with Gasteiger partial charge in [0, 0.05) is 5.57 Å². The Balaban J connectivity index is 2.28. The molecule has 0 unspecified atom stereocenters. The predicted molar refractivity (Wildman–Crippen MR) is 118 cm³/mol. The van der Waals surface area contributed by atoms with Crippen LogP contribution in [0.25, 0.3) is 16.3 Å². The lowest BCUT2D eigenvalue weighted by Crippen LogP contribution is -2.35. The van der Waals surface area contributed by atoms with Crippen LogP contribution >= 0.6 is 0 Å². The highest BCUT2D eigenvalue weighted by Crippen LogP contribution is 2.32. The average molecular weight is 403 g/mol. The Morgan fingerprint density at radius 2 is 1.47 bits per heavy atom. The third-order valence-corrected chi connectivity index (χ3v) is 4.39. The van der Waals surface area contributed by atoms with Crippen LogP contribution < -0.4 is 5.32 Å². The van der Waals surface area contributed by atoms with Gasteiger partial charge in [-0.05, 0) is 42.7 Å². The highest BCUT2D eigenvalue weighted by molar-refractivity contribution is 6.08. The number of carbonyl (C=O) groups is 2. The van der Waals surface area contributed by atoms with Gasteiger partial charge in [0.15, 0.2) is 0 Å². The molecular weight excluding hydrogens is 378 g/mol. The summed E-state index contributed by atoms with van der Waals surface area (Å²) in [5.74, 6) is -0.660. The molecule has 5 nitrogen and oxygen atoms in total. The van der Waals surface area contributed by atoms with E-state index in [9.17, 15) is 9.59 Å². The maximum Gasteiger partial charge on any atom is 0.412 e. The summed E-state index contributed by atoms with van der Waals surface area (Å²) >= 11 is 0. The number of hydrogen-bond donors (Lipinski definition) is 1. The summed E-state index contributed by atoms with van der Waals surface area (Å²) in [4.78, 5) is 25.3. The molecule has 0 aromatic heterocycles. The first-order chi connectivity index (χ1) is 14.3. The first kappa shape index (κ1) is 21.1. The standard InChI is InChI=1S/C25H25NO4/c1-25(2,3)30-24(28)26-22(23(27)29-4)21(18-12-6-5-7-13-18)20-16-10-14-17-11-8-9-15-19(17)20/h5-16H,1-4H3,(H,26,28)/b22-21-. The predicted octanol–water partition coefficient (Wildman–Crippen LogP) is 5.30. The largest absolute Gasteiger partial charge is 0.464 e. The highest BCUT2D eigenvalue weighted by atomic mass is 16.6. The average Bonchev–Trinajstić information content (AvgIpc) is 2.72. The van der Waals surface area contributed by atoms with Gasteiger partial charge in [-0.25, -0.2) is 9.59 Å². The molecule has 0 saturated carbocycles. The molecule has 3 aromatic rings. The van der Waals surface area contributed by atoms with Crippen molar-refractivity contribution in [2.24, 2.45) is 0 Å². The van der Waals surface area contributed by atoms with E-state index in [4.69, 9.17) is 9.47 Å². The van der Waals surface area contributed by atoms with E-state index in [-0.39, 0.29) is 5.70 Å². The number of methoxy groups -OCH3 is 1. The van der Waals surface area contributed by atoms with Gasteiger partial charge in [0.1, 0.15) is 11.3 Å². The van der Waals surface area contributed by atoms with Crippen LogP contribution in [0.5, 0.6) is 0 Å². The van der Waals surface area contributed by atoms with Crippen molar-refractivity contribution in [3.05, 3.63) is 89.6 Å². The van der Waals surface area contributed by atoms with Gasteiger partial charge in [-0.2, -0.15) is 0 Å². The van der Waals surface area contributed by atoms with Crippen LogP contribution in [0.1, 0.15) is 31.9 Å². The van der Waals surface area contributed by atoms with E-state index in [1.165, 1.54) is 7.11 Å². The monoisotopic (exact) mass is 403 g/mol. The van der Waals surface area contributed by atoms with Crippen molar-refractivity contribution in [2.45, 2.75) is 26.4 Å². The van der Waals surface area contributed by atoms with Crippen LogP contribution in [0.15, 0.2) is 78.5 Å². The summed E-state index contributed by atoms with van der Waals surface area (Å²) in [6.07, 6.45) is -0.725. The zero-order valence-electron chi connectivity index (χ0n) is 17.6. The van der Waals surface area contributed by atoms with E-state index < -0.39 is 17.7 Å². The fourth-order valence-corrected chi connectivity index (χ4v) is 3.21. The van der Waals surface area contributed by atoms with Crippen LogP contribution in [-0.2, 0) is 14.3 Å². The van der Waals surface area contributed by atoms with Gasteiger partial charge in [0.25, 0.3) is 0 Å². The van der Waals surface area contributed by atoms with Gasteiger partial charge in [0.2, 0.25) is 0 Å². The molecule has 0 aliphatic carbocycles. The van der Waals surface area contributed by atoms with E-state index in [1.54, 1.807) is 20.8 Å². The molecule has 30 heavy (non-hydrogen) atoms. The number of rotatable bonds is 4. The molecular formula is C25H25NO4. The van der Waals surface area contributed by atoms with E-state index >= 15 is 0 Å². The SMILES string of the molecule is COC(=O)/C(NC(=O)OC(C)(C)C)=C(\c1ccccc1)c1cccc2ccccc12. The number of fused-ring (bicyclic) bond motifs is 1. The van der Waals surface area contributed by atoms with Gasteiger partial charge in [-0.15, -0.1) is 0 Å². The first-order valence-electron chi connectivity index (χ1n) is 9.66. The number of carbonyl (C=O) groups excluding carboxylic acids is 2. The molecule has 1 N–H and O–H groups in total. The van der Waals surface area contributed by atoms with Crippen molar-refractivity contribution in [1.82, 2.24) is 5.32 Å². The summed E-state index contributed by atoms with van der Waals surface area (Å²) in [5.41, 5.74) is 1.44. The molecule has 0 atom stereocenters. The van der Waals surface area contributed by atoms with E-state index in [2.05, 4.69) is 5.32 Å². The Labute approximate surface area is 176 Å². The van der Waals surface area contributed by atoms with Gasteiger partial charge in [0.05, 0.1) is 7.11 Å². The second kappa shape index (κ2) is 8.82. The van der Waals surface area contributed by atoms with Crippen molar-refractivity contribution < 1.29 is 19.1 Å². The molecule has 0 fully saturated rings. The maximum absolute atomic E-state index is 12.8. The Bertz CT molecular complexity index is 1090. The smallest absolute Gasteiger partial charge is 0.412 e. The number of alkyl carbamates (subject to hydrolysis) is 1. The molecule has 5 heteroatoms. The molecule has 0 radical (unpaired) electrons. The molecule has 0 spiro atoms. The summed E-state index contributed by atoms with van der Waals surface area (Å²) in [7, 11) is 1.28. The molecule has 3 aromatic carbocycles. The van der Waals surface area contributed by atoms with Gasteiger partial charge >= 0.3 is 12.1 Å². The first-order valence-corrected chi connectivity index (χ1v) is 9.66.